The third kappa shape index (κ3) is 6.30. The standard InChI is InChI=1S/C18H28N2O3/c1-12(2)15-8-7-14(5)16(9-15)23-11-18(22)20(6)10-17(21)19-13(3)4/h7-9,12-13H,10-11H2,1-6H3,(H,19,21). The topological polar surface area (TPSA) is 58.6 Å². The van der Waals surface area contributed by atoms with E-state index in [0.717, 1.165) is 5.56 Å². The van der Waals surface area contributed by atoms with E-state index in [2.05, 4.69) is 25.2 Å². The zero-order valence-corrected chi connectivity index (χ0v) is 15.0. The van der Waals surface area contributed by atoms with Gasteiger partial charge in [-0.25, -0.2) is 0 Å². The van der Waals surface area contributed by atoms with Crippen LogP contribution in [0, 0.1) is 6.92 Å². The molecule has 1 N–H and O–H groups in total. The quantitative estimate of drug-likeness (QED) is 0.839. The fourth-order valence-corrected chi connectivity index (χ4v) is 2.05. The highest BCUT2D eigenvalue weighted by molar-refractivity contribution is 5.85. The predicted molar refractivity (Wildman–Crippen MR) is 91.7 cm³/mol. The summed E-state index contributed by atoms with van der Waals surface area (Å²) in [6, 6.07) is 6.09. The average Bonchev–Trinajstić information content (AvgIpc) is 2.44. The van der Waals surface area contributed by atoms with Crippen molar-refractivity contribution in [1.29, 1.82) is 0 Å². The number of hydrogen-bond acceptors (Lipinski definition) is 3. The predicted octanol–water partition coefficient (Wildman–Crippen LogP) is 2.48. The van der Waals surface area contributed by atoms with Crippen molar-refractivity contribution >= 4 is 11.8 Å². The van der Waals surface area contributed by atoms with Crippen LogP contribution >= 0.6 is 0 Å². The van der Waals surface area contributed by atoms with E-state index in [-0.39, 0.29) is 31.0 Å². The molecule has 0 heterocycles. The maximum absolute atomic E-state index is 12.1. The van der Waals surface area contributed by atoms with Crippen molar-refractivity contribution in [3.8, 4) is 5.75 Å². The summed E-state index contributed by atoms with van der Waals surface area (Å²) in [5.74, 6) is 0.715. The molecule has 0 radical (unpaired) electrons. The Morgan fingerprint density at radius 2 is 1.87 bits per heavy atom. The number of benzene rings is 1. The van der Waals surface area contributed by atoms with Crippen LogP contribution in [-0.2, 0) is 9.59 Å². The van der Waals surface area contributed by atoms with Crippen LogP contribution in [0.1, 0.15) is 44.7 Å². The Labute approximate surface area is 139 Å². The second-order valence-corrected chi connectivity index (χ2v) is 6.44. The first-order valence-corrected chi connectivity index (χ1v) is 7.97. The van der Waals surface area contributed by atoms with Crippen LogP contribution < -0.4 is 10.1 Å². The first-order valence-electron chi connectivity index (χ1n) is 7.97. The molecule has 0 saturated carbocycles. The van der Waals surface area contributed by atoms with Crippen LogP contribution in [-0.4, -0.2) is 43.0 Å². The molecule has 0 saturated heterocycles. The highest BCUT2D eigenvalue weighted by atomic mass is 16.5. The van der Waals surface area contributed by atoms with E-state index >= 15 is 0 Å². The number of rotatable bonds is 7. The number of carbonyl (C=O) groups excluding carboxylic acids is 2. The molecule has 23 heavy (non-hydrogen) atoms. The summed E-state index contributed by atoms with van der Waals surface area (Å²) in [5.41, 5.74) is 2.16. The molecule has 2 amide bonds. The van der Waals surface area contributed by atoms with Crippen molar-refractivity contribution in [3.63, 3.8) is 0 Å². The Bertz CT molecular complexity index is 553. The monoisotopic (exact) mass is 320 g/mol. The van der Waals surface area contributed by atoms with Crippen LogP contribution in [0.4, 0.5) is 0 Å². The molecule has 0 fully saturated rings. The largest absolute Gasteiger partial charge is 0.483 e. The fourth-order valence-electron chi connectivity index (χ4n) is 2.05. The van der Waals surface area contributed by atoms with Gasteiger partial charge in [0.2, 0.25) is 5.91 Å². The lowest BCUT2D eigenvalue weighted by Crippen LogP contribution is -2.42. The Hall–Kier alpha value is -2.04. The Morgan fingerprint density at radius 1 is 1.22 bits per heavy atom. The summed E-state index contributed by atoms with van der Waals surface area (Å²) in [7, 11) is 1.60. The molecule has 0 atom stereocenters. The van der Waals surface area contributed by atoms with Crippen molar-refractivity contribution < 1.29 is 14.3 Å². The van der Waals surface area contributed by atoms with E-state index in [1.54, 1.807) is 7.05 Å². The first-order chi connectivity index (χ1) is 10.7. The van der Waals surface area contributed by atoms with Gasteiger partial charge in [0.1, 0.15) is 5.75 Å². The summed E-state index contributed by atoms with van der Waals surface area (Å²) in [6.07, 6.45) is 0. The van der Waals surface area contributed by atoms with E-state index in [1.807, 2.05) is 32.9 Å². The molecule has 0 bridgehead atoms. The molecular weight excluding hydrogens is 292 g/mol. The minimum absolute atomic E-state index is 0.0331. The first kappa shape index (κ1) is 19.0. The maximum Gasteiger partial charge on any atom is 0.260 e. The van der Waals surface area contributed by atoms with E-state index in [9.17, 15) is 9.59 Å². The molecule has 0 aliphatic heterocycles. The number of carbonyl (C=O) groups is 2. The van der Waals surface area contributed by atoms with Crippen molar-refractivity contribution in [1.82, 2.24) is 10.2 Å². The number of ether oxygens (including phenoxy) is 1. The third-order valence-corrected chi connectivity index (χ3v) is 3.49. The Balaban J connectivity index is 2.58. The molecule has 0 aliphatic carbocycles. The van der Waals surface area contributed by atoms with Gasteiger partial charge in [-0.15, -0.1) is 0 Å². The molecule has 0 aromatic heterocycles. The van der Waals surface area contributed by atoms with Gasteiger partial charge in [-0.1, -0.05) is 26.0 Å². The van der Waals surface area contributed by atoms with E-state index in [4.69, 9.17) is 4.74 Å². The lowest BCUT2D eigenvalue weighted by Gasteiger charge is -2.19. The van der Waals surface area contributed by atoms with E-state index in [1.165, 1.54) is 10.5 Å². The smallest absolute Gasteiger partial charge is 0.260 e. The molecule has 0 spiro atoms. The second-order valence-electron chi connectivity index (χ2n) is 6.44. The maximum atomic E-state index is 12.1. The van der Waals surface area contributed by atoms with Crippen LogP contribution in [0.5, 0.6) is 5.75 Å². The van der Waals surface area contributed by atoms with Gasteiger partial charge in [0.15, 0.2) is 6.61 Å². The summed E-state index contributed by atoms with van der Waals surface area (Å²) in [4.78, 5) is 25.1. The molecule has 0 unspecified atom stereocenters. The molecule has 1 aromatic rings. The second kappa shape index (κ2) is 8.56. The molecular formula is C18H28N2O3. The lowest BCUT2D eigenvalue weighted by molar-refractivity contribution is -0.136. The van der Waals surface area contributed by atoms with Gasteiger partial charge in [-0.3, -0.25) is 9.59 Å². The lowest BCUT2D eigenvalue weighted by atomic mass is 10.0. The van der Waals surface area contributed by atoms with Crippen molar-refractivity contribution in [2.24, 2.45) is 0 Å². The van der Waals surface area contributed by atoms with Crippen molar-refractivity contribution in [2.45, 2.75) is 46.6 Å². The highest BCUT2D eigenvalue weighted by Crippen LogP contribution is 2.24. The number of aryl methyl sites for hydroxylation is 1. The van der Waals surface area contributed by atoms with Gasteiger partial charge >= 0.3 is 0 Å². The zero-order chi connectivity index (χ0) is 17.6. The normalized spacial score (nSPS) is 10.8. The molecule has 5 heteroatoms. The molecule has 5 nitrogen and oxygen atoms in total. The third-order valence-electron chi connectivity index (χ3n) is 3.49. The van der Waals surface area contributed by atoms with Crippen molar-refractivity contribution in [3.05, 3.63) is 29.3 Å². The van der Waals surface area contributed by atoms with Crippen LogP contribution in [0.15, 0.2) is 18.2 Å². The zero-order valence-electron chi connectivity index (χ0n) is 15.0. The Morgan fingerprint density at radius 3 is 2.43 bits per heavy atom. The van der Waals surface area contributed by atoms with E-state index in [0.29, 0.717) is 11.7 Å². The Kier molecular flexibility index (Phi) is 7.07. The van der Waals surface area contributed by atoms with Crippen LogP contribution in [0.2, 0.25) is 0 Å². The van der Waals surface area contributed by atoms with Gasteiger partial charge in [-0.2, -0.15) is 0 Å². The summed E-state index contributed by atoms with van der Waals surface area (Å²) in [6.45, 7) is 9.89. The van der Waals surface area contributed by atoms with Gasteiger partial charge < -0.3 is 15.0 Å². The van der Waals surface area contributed by atoms with Crippen LogP contribution in [0.3, 0.4) is 0 Å². The SMILES string of the molecule is Cc1ccc(C(C)C)cc1OCC(=O)N(C)CC(=O)NC(C)C. The molecule has 1 aromatic carbocycles. The fraction of sp³-hybridized carbons (Fsp3) is 0.556. The number of likely N-dealkylation sites (N-methyl/N-ethyl adjacent to an activating group) is 1. The minimum atomic E-state index is -0.224. The molecule has 1 rings (SSSR count). The van der Waals surface area contributed by atoms with E-state index < -0.39 is 0 Å². The summed E-state index contributed by atoms with van der Waals surface area (Å²) < 4.78 is 5.65. The van der Waals surface area contributed by atoms with Gasteiger partial charge in [0, 0.05) is 13.1 Å². The molecule has 128 valence electrons. The minimum Gasteiger partial charge on any atom is -0.483 e. The van der Waals surface area contributed by atoms with Crippen LogP contribution in [0.25, 0.3) is 0 Å². The summed E-state index contributed by atoms with van der Waals surface area (Å²) in [5, 5.41) is 2.76. The number of nitrogens with zero attached hydrogens (tertiary/aromatic N) is 1. The van der Waals surface area contributed by atoms with Crippen molar-refractivity contribution in [2.75, 3.05) is 20.2 Å². The number of nitrogens with one attached hydrogen (secondary N) is 1. The van der Waals surface area contributed by atoms with Gasteiger partial charge in [0.05, 0.1) is 6.54 Å². The summed E-state index contributed by atoms with van der Waals surface area (Å²) >= 11 is 0. The molecule has 0 aliphatic rings. The number of amides is 2. The highest BCUT2D eigenvalue weighted by Gasteiger charge is 2.15. The number of hydrogen-bond donors (Lipinski definition) is 1. The van der Waals surface area contributed by atoms with Gasteiger partial charge in [-0.05, 0) is 43.9 Å². The average molecular weight is 320 g/mol. The van der Waals surface area contributed by atoms with Gasteiger partial charge in [0.25, 0.3) is 5.91 Å².